The largest absolute Gasteiger partial charge is 0.358 e. The Balaban J connectivity index is 2.32. The molecule has 0 radical (unpaired) electrons. The molecule has 1 fully saturated rings. The Labute approximate surface area is 59.2 Å². The number of carbonyl (C=O) groups is 1. The van der Waals surface area contributed by atoms with Crippen LogP contribution in [-0.4, -0.2) is 18.0 Å². The van der Waals surface area contributed by atoms with Crippen LogP contribution < -0.4 is 0 Å². The van der Waals surface area contributed by atoms with Crippen LogP contribution in [0.1, 0.15) is 6.42 Å². The number of ether oxygens (including phenoxy) is 1. The minimum atomic E-state index is -0.252. The van der Waals surface area contributed by atoms with Crippen molar-refractivity contribution < 1.29 is 9.53 Å². The zero-order valence-corrected chi connectivity index (χ0v) is 5.54. The second-order valence-corrected chi connectivity index (χ2v) is 2.59. The molecule has 2 aliphatic heterocycles. The fourth-order valence-corrected chi connectivity index (χ4v) is 1.41. The van der Waals surface area contributed by atoms with Crippen LogP contribution in [0.4, 0.5) is 0 Å². The molecule has 10 heavy (non-hydrogen) atoms. The third-order valence-electron chi connectivity index (χ3n) is 1.97. The molecule has 2 heterocycles. The van der Waals surface area contributed by atoms with E-state index in [1.807, 2.05) is 6.08 Å². The van der Waals surface area contributed by atoms with Crippen molar-refractivity contribution in [2.45, 2.75) is 18.6 Å². The van der Waals surface area contributed by atoms with Gasteiger partial charge in [-0.05, 0) is 11.6 Å². The van der Waals surface area contributed by atoms with Crippen LogP contribution in [0.25, 0.3) is 0 Å². The molecule has 0 aromatic heterocycles. The van der Waals surface area contributed by atoms with Crippen LogP contribution in [0.15, 0.2) is 24.3 Å². The molecule has 0 aromatic carbocycles. The van der Waals surface area contributed by atoms with Gasteiger partial charge in [0.25, 0.3) is 0 Å². The zero-order chi connectivity index (χ0) is 7.14. The van der Waals surface area contributed by atoms with Gasteiger partial charge >= 0.3 is 0 Å². The quantitative estimate of drug-likeness (QED) is 0.534. The first-order chi connectivity index (χ1) is 4.81. The SMILES string of the molecule is C=CC1=CC2OC1CC2=O. The number of fused-ring (bicyclic) bond motifs is 2. The summed E-state index contributed by atoms with van der Waals surface area (Å²) in [6, 6.07) is 0. The first-order valence-electron chi connectivity index (χ1n) is 3.33. The maximum absolute atomic E-state index is 10.9. The van der Waals surface area contributed by atoms with Gasteiger partial charge in [0.1, 0.15) is 6.10 Å². The monoisotopic (exact) mass is 136 g/mol. The minimum absolute atomic E-state index is 0.0231. The summed E-state index contributed by atoms with van der Waals surface area (Å²) in [5.74, 6) is 0.204. The summed E-state index contributed by atoms with van der Waals surface area (Å²) in [6.45, 7) is 3.63. The van der Waals surface area contributed by atoms with E-state index in [0.29, 0.717) is 6.42 Å². The molecular weight excluding hydrogens is 128 g/mol. The predicted molar refractivity (Wildman–Crippen MR) is 36.6 cm³/mol. The highest BCUT2D eigenvalue weighted by Gasteiger charge is 2.38. The number of hydrogen-bond acceptors (Lipinski definition) is 2. The van der Waals surface area contributed by atoms with Crippen LogP contribution >= 0.6 is 0 Å². The molecule has 52 valence electrons. The molecular formula is C8H8O2. The van der Waals surface area contributed by atoms with E-state index in [-0.39, 0.29) is 18.0 Å². The summed E-state index contributed by atoms with van der Waals surface area (Å²) in [4.78, 5) is 10.9. The van der Waals surface area contributed by atoms with Crippen molar-refractivity contribution >= 4 is 5.78 Å². The summed E-state index contributed by atoms with van der Waals surface area (Å²) in [6.07, 6.45) is 3.93. The van der Waals surface area contributed by atoms with Gasteiger partial charge in [-0.25, -0.2) is 0 Å². The van der Waals surface area contributed by atoms with Gasteiger partial charge in [-0.1, -0.05) is 12.7 Å². The Morgan fingerprint density at radius 3 is 3.00 bits per heavy atom. The average Bonchev–Trinajstić information content (AvgIpc) is 2.44. The molecule has 2 nitrogen and oxygen atoms in total. The lowest BCUT2D eigenvalue weighted by Crippen LogP contribution is -2.12. The molecule has 2 bridgehead atoms. The zero-order valence-electron chi connectivity index (χ0n) is 5.54. The first-order valence-corrected chi connectivity index (χ1v) is 3.33. The fraction of sp³-hybridized carbons (Fsp3) is 0.375. The van der Waals surface area contributed by atoms with E-state index in [9.17, 15) is 4.79 Å². The molecule has 2 aliphatic rings. The highest BCUT2D eigenvalue weighted by atomic mass is 16.5. The number of hydrogen-bond donors (Lipinski definition) is 0. The van der Waals surface area contributed by atoms with E-state index in [1.165, 1.54) is 0 Å². The van der Waals surface area contributed by atoms with Crippen molar-refractivity contribution in [3.63, 3.8) is 0 Å². The maximum Gasteiger partial charge on any atom is 0.168 e. The van der Waals surface area contributed by atoms with Crippen LogP contribution in [0.5, 0.6) is 0 Å². The summed E-state index contributed by atoms with van der Waals surface area (Å²) >= 11 is 0. The van der Waals surface area contributed by atoms with Gasteiger partial charge in [0.15, 0.2) is 5.78 Å². The van der Waals surface area contributed by atoms with E-state index in [1.54, 1.807) is 6.08 Å². The summed E-state index contributed by atoms with van der Waals surface area (Å²) < 4.78 is 5.27. The lowest BCUT2D eigenvalue weighted by molar-refractivity contribution is -0.120. The number of ketones is 1. The average molecular weight is 136 g/mol. The Hall–Kier alpha value is -0.890. The van der Waals surface area contributed by atoms with Gasteiger partial charge in [-0.2, -0.15) is 0 Å². The van der Waals surface area contributed by atoms with Crippen molar-refractivity contribution in [2.24, 2.45) is 0 Å². The second kappa shape index (κ2) is 1.80. The lowest BCUT2D eigenvalue weighted by Gasteiger charge is -2.02. The van der Waals surface area contributed by atoms with Gasteiger partial charge in [-0.15, -0.1) is 0 Å². The van der Waals surface area contributed by atoms with E-state index in [0.717, 1.165) is 5.57 Å². The Kier molecular flexibility index (Phi) is 1.05. The fourth-order valence-electron chi connectivity index (χ4n) is 1.41. The first kappa shape index (κ1) is 5.86. The Morgan fingerprint density at radius 1 is 1.80 bits per heavy atom. The van der Waals surface area contributed by atoms with Gasteiger partial charge < -0.3 is 4.74 Å². The molecule has 2 atom stereocenters. The molecule has 2 heteroatoms. The number of Topliss-reactive ketones (excluding diaryl/α,β-unsaturated/α-hetero) is 1. The highest BCUT2D eigenvalue weighted by molar-refractivity contribution is 5.89. The molecule has 1 saturated heterocycles. The molecule has 0 aliphatic carbocycles. The number of rotatable bonds is 1. The van der Waals surface area contributed by atoms with Gasteiger partial charge in [-0.3, -0.25) is 4.79 Å². The van der Waals surface area contributed by atoms with Gasteiger partial charge in [0, 0.05) is 6.42 Å². The Bertz CT molecular complexity index is 227. The van der Waals surface area contributed by atoms with Crippen LogP contribution in [0, 0.1) is 0 Å². The minimum Gasteiger partial charge on any atom is -0.358 e. The van der Waals surface area contributed by atoms with E-state index in [4.69, 9.17) is 4.74 Å². The summed E-state index contributed by atoms with van der Waals surface area (Å²) in [5, 5.41) is 0. The van der Waals surface area contributed by atoms with Crippen molar-refractivity contribution in [2.75, 3.05) is 0 Å². The highest BCUT2D eigenvalue weighted by Crippen LogP contribution is 2.31. The van der Waals surface area contributed by atoms with Crippen LogP contribution in [-0.2, 0) is 9.53 Å². The van der Waals surface area contributed by atoms with Gasteiger partial charge in [0.05, 0.1) is 6.10 Å². The molecule has 2 rings (SSSR count). The van der Waals surface area contributed by atoms with Crippen LogP contribution in [0.3, 0.4) is 0 Å². The molecule has 0 aromatic rings. The summed E-state index contributed by atoms with van der Waals surface area (Å²) in [5.41, 5.74) is 1.07. The van der Waals surface area contributed by atoms with Crippen molar-refractivity contribution in [3.05, 3.63) is 24.3 Å². The molecule has 0 spiro atoms. The van der Waals surface area contributed by atoms with Crippen molar-refractivity contribution in [1.82, 2.24) is 0 Å². The van der Waals surface area contributed by atoms with E-state index in [2.05, 4.69) is 6.58 Å². The Morgan fingerprint density at radius 2 is 2.60 bits per heavy atom. The van der Waals surface area contributed by atoms with E-state index < -0.39 is 0 Å². The second-order valence-electron chi connectivity index (χ2n) is 2.59. The summed E-state index contributed by atoms with van der Waals surface area (Å²) in [7, 11) is 0. The van der Waals surface area contributed by atoms with Crippen LogP contribution in [0.2, 0.25) is 0 Å². The standard InChI is InChI=1S/C8H8O2/c1-2-5-3-8-6(9)4-7(5)10-8/h2-3,7-8H,1,4H2. The molecule has 0 saturated carbocycles. The normalized spacial score (nSPS) is 36.4. The lowest BCUT2D eigenvalue weighted by atomic mass is 9.99. The third-order valence-corrected chi connectivity index (χ3v) is 1.97. The molecule has 0 N–H and O–H groups in total. The third kappa shape index (κ3) is 0.596. The van der Waals surface area contributed by atoms with Crippen molar-refractivity contribution in [1.29, 1.82) is 0 Å². The molecule has 0 amide bonds. The smallest absolute Gasteiger partial charge is 0.168 e. The maximum atomic E-state index is 10.9. The molecule has 2 unspecified atom stereocenters. The predicted octanol–water partition coefficient (Wildman–Crippen LogP) is 0.839. The topological polar surface area (TPSA) is 26.3 Å². The van der Waals surface area contributed by atoms with E-state index >= 15 is 0 Å². The number of carbonyl (C=O) groups excluding carboxylic acids is 1. The van der Waals surface area contributed by atoms with Crippen molar-refractivity contribution in [3.8, 4) is 0 Å². The van der Waals surface area contributed by atoms with Gasteiger partial charge in [0.2, 0.25) is 0 Å².